The van der Waals surface area contributed by atoms with Crippen LogP contribution in [0.5, 0.6) is 5.75 Å². The van der Waals surface area contributed by atoms with Crippen LogP contribution in [0.2, 0.25) is 0 Å². The van der Waals surface area contributed by atoms with Gasteiger partial charge in [0, 0.05) is 31.5 Å². The molecule has 1 aliphatic rings. The van der Waals surface area contributed by atoms with E-state index in [0.29, 0.717) is 24.4 Å². The topological polar surface area (TPSA) is 71.5 Å². The Morgan fingerprint density at radius 1 is 1.12 bits per heavy atom. The second-order valence-corrected chi connectivity index (χ2v) is 5.98. The molecule has 0 atom stereocenters. The second-order valence-electron chi connectivity index (χ2n) is 5.98. The summed E-state index contributed by atoms with van der Waals surface area (Å²) in [7, 11) is 0. The van der Waals surface area contributed by atoms with Gasteiger partial charge in [-0.25, -0.2) is 0 Å². The fourth-order valence-corrected chi connectivity index (χ4v) is 2.83. The normalized spacial score (nSPS) is 14.8. The molecule has 6 heteroatoms. The van der Waals surface area contributed by atoms with Crippen LogP contribution in [-0.4, -0.2) is 47.4 Å². The van der Waals surface area contributed by atoms with E-state index in [-0.39, 0.29) is 24.5 Å². The van der Waals surface area contributed by atoms with Crippen molar-refractivity contribution in [1.82, 2.24) is 15.2 Å². The zero-order valence-electron chi connectivity index (χ0n) is 13.9. The Balaban J connectivity index is 1.41. The first kappa shape index (κ1) is 17.0. The number of benzene rings is 1. The fraction of sp³-hybridized carbons (Fsp3) is 0.316. The van der Waals surface area contributed by atoms with E-state index in [9.17, 15) is 9.59 Å². The van der Waals surface area contributed by atoms with Crippen LogP contribution in [-0.2, 0) is 4.79 Å². The van der Waals surface area contributed by atoms with E-state index in [1.165, 1.54) is 0 Å². The number of rotatable bonds is 5. The van der Waals surface area contributed by atoms with E-state index < -0.39 is 0 Å². The summed E-state index contributed by atoms with van der Waals surface area (Å²) in [6, 6.07) is 12.9. The monoisotopic (exact) mass is 339 g/mol. The minimum Gasteiger partial charge on any atom is -0.484 e. The van der Waals surface area contributed by atoms with Crippen molar-refractivity contribution < 1.29 is 14.3 Å². The third-order valence-corrected chi connectivity index (χ3v) is 4.17. The molecule has 1 saturated heterocycles. The SMILES string of the molecule is O=C(COc1ccccc1)NC1CCN(C(=O)c2cccnc2)CC1. The Bertz CT molecular complexity index is 698. The van der Waals surface area contributed by atoms with Crippen LogP contribution in [0.25, 0.3) is 0 Å². The number of hydrogen-bond donors (Lipinski definition) is 1. The molecule has 0 bridgehead atoms. The van der Waals surface area contributed by atoms with Crippen molar-refractivity contribution in [3.05, 3.63) is 60.4 Å². The van der Waals surface area contributed by atoms with Crippen molar-refractivity contribution >= 4 is 11.8 Å². The molecular weight excluding hydrogens is 318 g/mol. The van der Waals surface area contributed by atoms with Crippen LogP contribution in [0, 0.1) is 0 Å². The molecule has 1 N–H and O–H groups in total. The number of hydrogen-bond acceptors (Lipinski definition) is 4. The lowest BCUT2D eigenvalue weighted by Gasteiger charge is -2.32. The van der Waals surface area contributed by atoms with Gasteiger partial charge in [0.15, 0.2) is 6.61 Å². The van der Waals surface area contributed by atoms with Crippen molar-refractivity contribution in [1.29, 1.82) is 0 Å². The van der Waals surface area contributed by atoms with Gasteiger partial charge < -0.3 is 15.0 Å². The number of piperidine rings is 1. The number of pyridine rings is 1. The number of carbonyl (C=O) groups is 2. The molecule has 0 aliphatic carbocycles. The van der Waals surface area contributed by atoms with Crippen LogP contribution < -0.4 is 10.1 Å². The zero-order chi connectivity index (χ0) is 17.5. The van der Waals surface area contributed by atoms with Gasteiger partial charge in [0.05, 0.1) is 5.56 Å². The molecule has 25 heavy (non-hydrogen) atoms. The summed E-state index contributed by atoms with van der Waals surface area (Å²) in [6.07, 6.45) is 4.71. The zero-order valence-corrected chi connectivity index (χ0v) is 13.9. The van der Waals surface area contributed by atoms with Crippen molar-refractivity contribution in [3.8, 4) is 5.75 Å². The summed E-state index contributed by atoms with van der Waals surface area (Å²) in [5.74, 6) is 0.528. The van der Waals surface area contributed by atoms with Gasteiger partial charge in [-0.3, -0.25) is 14.6 Å². The van der Waals surface area contributed by atoms with Gasteiger partial charge in [0.2, 0.25) is 0 Å². The van der Waals surface area contributed by atoms with Crippen molar-refractivity contribution in [2.75, 3.05) is 19.7 Å². The van der Waals surface area contributed by atoms with Crippen LogP contribution in [0.3, 0.4) is 0 Å². The van der Waals surface area contributed by atoms with Gasteiger partial charge in [0.1, 0.15) is 5.75 Å². The molecule has 6 nitrogen and oxygen atoms in total. The Morgan fingerprint density at radius 3 is 2.56 bits per heavy atom. The van der Waals surface area contributed by atoms with E-state index >= 15 is 0 Å². The molecule has 3 rings (SSSR count). The van der Waals surface area contributed by atoms with E-state index in [0.717, 1.165) is 12.8 Å². The molecule has 2 amide bonds. The van der Waals surface area contributed by atoms with E-state index in [1.54, 1.807) is 29.4 Å². The fourth-order valence-electron chi connectivity index (χ4n) is 2.83. The van der Waals surface area contributed by atoms with Gasteiger partial charge in [-0.2, -0.15) is 0 Å². The van der Waals surface area contributed by atoms with Gasteiger partial charge in [-0.15, -0.1) is 0 Å². The summed E-state index contributed by atoms with van der Waals surface area (Å²) in [5, 5.41) is 2.97. The highest BCUT2D eigenvalue weighted by molar-refractivity contribution is 5.93. The van der Waals surface area contributed by atoms with Crippen LogP contribution >= 0.6 is 0 Å². The van der Waals surface area contributed by atoms with E-state index in [4.69, 9.17) is 4.74 Å². The molecule has 0 saturated carbocycles. The molecule has 1 aromatic heterocycles. The van der Waals surface area contributed by atoms with E-state index in [2.05, 4.69) is 10.3 Å². The number of nitrogens with one attached hydrogen (secondary N) is 1. The van der Waals surface area contributed by atoms with Crippen LogP contribution in [0.1, 0.15) is 23.2 Å². The quantitative estimate of drug-likeness (QED) is 0.903. The molecule has 1 aliphatic heterocycles. The predicted octanol–water partition coefficient (Wildman–Crippen LogP) is 1.88. The number of aromatic nitrogens is 1. The summed E-state index contributed by atoms with van der Waals surface area (Å²) in [6.45, 7) is 1.25. The lowest BCUT2D eigenvalue weighted by molar-refractivity contribution is -0.124. The summed E-state index contributed by atoms with van der Waals surface area (Å²) >= 11 is 0. The second kappa shape index (κ2) is 8.28. The lowest BCUT2D eigenvalue weighted by atomic mass is 10.0. The number of likely N-dealkylation sites (tertiary alicyclic amines) is 1. The summed E-state index contributed by atoms with van der Waals surface area (Å²) < 4.78 is 5.44. The molecule has 1 aromatic carbocycles. The number of amides is 2. The maximum absolute atomic E-state index is 12.4. The summed E-state index contributed by atoms with van der Waals surface area (Å²) in [5.41, 5.74) is 0.598. The molecule has 1 fully saturated rings. The van der Waals surface area contributed by atoms with Crippen molar-refractivity contribution in [3.63, 3.8) is 0 Å². The Morgan fingerprint density at radius 2 is 1.88 bits per heavy atom. The van der Waals surface area contributed by atoms with Gasteiger partial charge in [0.25, 0.3) is 11.8 Å². The number of carbonyl (C=O) groups excluding carboxylic acids is 2. The Kier molecular flexibility index (Phi) is 5.61. The summed E-state index contributed by atoms with van der Waals surface area (Å²) in [4.78, 5) is 30.2. The maximum atomic E-state index is 12.4. The highest BCUT2D eigenvalue weighted by Crippen LogP contribution is 2.14. The van der Waals surface area contributed by atoms with Crippen LogP contribution in [0.15, 0.2) is 54.9 Å². The average Bonchev–Trinajstić information content (AvgIpc) is 2.68. The highest BCUT2D eigenvalue weighted by Gasteiger charge is 2.24. The molecular formula is C19H21N3O3. The molecule has 2 heterocycles. The van der Waals surface area contributed by atoms with Crippen LogP contribution in [0.4, 0.5) is 0 Å². The van der Waals surface area contributed by atoms with Crippen molar-refractivity contribution in [2.45, 2.75) is 18.9 Å². The smallest absolute Gasteiger partial charge is 0.258 e. The number of para-hydroxylation sites is 1. The average molecular weight is 339 g/mol. The van der Waals surface area contributed by atoms with Gasteiger partial charge >= 0.3 is 0 Å². The number of ether oxygens (including phenoxy) is 1. The Hall–Kier alpha value is -2.89. The van der Waals surface area contributed by atoms with Gasteiger partial charge in [-0.1, -0.05) is 18.2 Å². The van der Waals surface area contributed by atoms with E-state index in [1.807, 2.05) is 30.3 Å². The third-order valence-electron chi connectivity index (χ3n) is 4.17. The molecule has 130 valence electrons. The predicted molar refractivity (Wildman–Crippen MR) is 93.2 cm³/mol. The molecule has 0 radical (unpaired) electrons. The Labute approximate surface area is 146 Å². The third kappa shape index (κ3) is 4.79. The van der Waals surface area contributed by atoms with Crippen molar-refractivity contribution in [2.24, 2.45) is 0 Å². The first-order valence-electron chi connectivity index (χ1n) is 8.39. The van der Waals surface area contributed by atoms with Gasteiger partial charge in [-0.05, 0) is 37.1 Å². The molecule has 0 unspecified atom stereocenters. The first-order valence-corrected chi connectivity index (χ1v) is 8.39. The molecule has 2 aromatic rings. The number of nitrogens with zero attached hydrogens (tertiary/aromatic N) is 2. The maximum Gasteiger partial charge on any atom is 0.258 e. The molecule has 0 spiro atoms. The lowest BCUT2D eigenvalue weighted by Crippen LogP contribution is -2.47. The largest absolute Gasteiger partial charge is 0.484 e. The minimum atomic E-state index is -0.138. The first-order chi connectivity index (χ1) is 12.2. The standard InChI is InChI=1S/C19H21N3O3/c23-18(14-25-17-6-2-1-3-7-17)21-16-8-11-22(12-9-16)19(24)15-5-4-10-20-13-15/h1-7,10,13,16H,8-9,11-12,14H2,(H,21,23). The highest BCUT2D eigenvalue weighted by atomic mass is 16.5. The minimum absolute atomic E-state index is 0.00115.